The number of carbonyl (C=O) groups excluding carboxylic acids is 1. The molecule has 1 fully saturated rings. The second-order valence-corrected chi connectivity index (χ2v) is 4.52. The van der Waals surface area contributed by atoms with Crippen molar-refractivity contribution in [3.63, 3.8) is 0 Å². The minimum absolute atomic E-state index is 0.0754. The molecule has 1 aromatic heterocycles. The third kappa shape index (κ3) is 2.57. The summed E-state index contributed by atoms with van der Waals surface area (Å²) < 4.78 is 0. The third-order valence-corrected chi connectivity index (χ3v) is 3.15. The van der Waals surface area contributed by atoms with Crippen LogP contribution in [0.2, 0.25) is 0 Å². The molecule has 1 aromatic rings. The first kappa shape index (κ1) is 12.7. The van der Waals surface area contributed by atoms with Crippen molar-refractivity contribution in [1.82, 2.24) is 14.9 Å². The van der Waals surface area contributed by atoms with Crippen molar-refractivity contribution in [1.29, 1.82) is 0 Å². The predicted molar refractivity (Wildman–Crippen MR) is 65.5 cm³/mol. The number of piperidine rings is 1. The molecule has 7 heteroatoms. The second-order valence-electron chi connectivity index (χ2n) is 4.52. The summed E-state index contributed by atoms with van der Waals surface area (Å²) in [5.74, 6) is 5.47. The standard InChI is InChI=1S/C11H17N5O2/c1-7-6-16(3-2-9(7)17)11(18)8-4-13-5-10(14-8)15-12/h4-5,7,9,17H,2-3,6,12H2,1H3,(H,14,15). The number of anilines is 1. The third-order valence-electron chi connectivity index (χ3n) is 3.15. The van der Waals surface area contributed by atoms with E-state index < -0.39 is 0 Å². The van der Waals surface area contributed by atoms with Crippen LogP contribution in [-0.2, 0) is 0 Å². The zero-order valence-electron chi connectivity index (χ0n) is 10.2. The highest BCUT2D eigenvalue weighted by Crippen LogP contribution is 2.18. The van der Waals surface area contributed by atoms with Crippen molar-refractivity contribution >= 4 is 11.7 Å². The van der Waals surface area contributed by atoms with Crippen molar-refractivity contribution in [2.45, 2.75) is 19.4 Å². The molecular formula is C11H17N5O2. The van der Waals surface area contributed by atoms with Gasteiger partial charge in [0.15, 0.2) is 5.82 Å². The summed E-state index contributed by atoms with van der Waals surface area (Å²) in [6.07, 6.45) is 3.12. The van der Waals surface area contributed by atoms with Gasteiger partial charge in [-0.05, 0) is 12.3 Å². The quantitative estimate of drug-likeness (QED) is 0.488. The van der Waals surface area contributed by atoms with E-state index in [1.807, 2.05) is 6.92 Å². The van der Waals surface area contributed by atoms with E-state index >= 15 is 0 Å². The molecule has 18 heavy (non-hydrogen) atoms. The summed E-state index contributed by atoms with van der Waals surface area (Å²) in [5, 5.41) is 9.64. The lowest BCUT2D eigenvalue weighted by Crippen LogP contribution is -2.45. The van der Waals surface area contributed by atoms with Gasteiger partial charge in [-0.1, -0.05) is 6.92 Å². The van der Waals surface area contributed by atoms with Crippen LogP contribution in [0.3, 0.4) is 0 Å². The molecule has 4 N–H and O–H groups in total. The summed E-state index contributed by atoms with van der Waals surface area (Å²) in [6, 6.07) is 0. The highest BCUT2D eigenvalue weighted by Gasteiger charge is 2.28. The SMILES string of the molecule is CC1CN(C(=O)c2cncc(NN)n2)CCC1O. The minimum atomic E-state index is -0.336. The number of amides is 1. The van der Waals surface area contributed by atoms with E-state index in [1.165, 1.54) is 12.4 Å². The van der Waals surface area contributed by atoms with Gasteiger partial charge in [-0.3, -0.25) is 9.78 Å². The van der Waals surface area contributed by atoms with Gasteiger partial charge in [0.2, 0.25) is 0 Å². The summed E-state index contributed by atoms with van der Waals surface area (Å²) >= 11 is 0. The summed E-state index contributed by atoms with van der Waals surface area (Å²) in [4.78, 5) is 21.8. The first-order valence-electron chi connectivity index (χ1n) is 5.88. The minimum Gasteiger partial charge on any atom is -0.393 e. The monoisotopic (exact) mass is 251 g/mol. The lowest BCUT2D eigenvalue weighted by Gasteiger charge is -2.34. The Morgan fingerprint density at radius 3 is 3.06 bits per heavy atom. The Morgan fingerprint density at radius 1 is 1.61 bits per heavy atom. The van der Waals surface area contributed by atoms with Gasteiger partial charge in [-0.25, -0.2) is 10.8 Å². The number of nitrogen functional groups attached to an aromatic ring is 1. The van der Waals surface area contributed by atoms with Gasteiger partial charge in [0, 0.05) is 13.1 Å². The van der Waals surface area contributed by atoms with Crippen LogP contribution in [0.5, 0.6) is 0 Å². The Bertz CT molecular complexity index is 439. The molecule has 98 valence electrons. The Balaban J connectivity index is 2.11. The molecule has 2 atom stereocenters. The second kappa shape index (κ2) is 5.28. The van der Waals surface area contributed by atoms with Crippen LogP contribution in [0, 0.1) is 5.92 Å². The first-order chi connectivity index (χ1) is 8.61. The van der Waals surface area contributed by atoms with Crippen LogP contribution >= 0.6 is 0 Å². The normalized spacial score (nSPS) is 23.8. The molecule has 2 rings (SSSR count). The molecule has 0 spiro atoms. The molecule has 1 aliphatic heterocycles. The molecule has 0 saturated carbocycles. The van der Waals surface area contributed by atoms with Gasteiger partial charge < -0.3 is 15.4 Å². The molecule has 1 amide bonds. The van der Waals surface area contributed by atoms with Crippen LogP contribution in [-0.4, -0.2) is 45.1 Å². The number of rotatable bonds is 2. The Labute approximate surface area is 105 Å². The maximum absolute atomic E-state index is 12.2. The zero-order chi connectivity index (χ0) is 13.1. The summed E-state index contributed by atoms with van der Waals surface area (Å²) in [7, 11) is 0. The van der Waals surface area contributed by atoms with Gasteiger partial charge in [0.05, 0.1) is 18.5 Å². The van der Waals surface area contributed by atoms with E-state index in [9.17, 15) is 9.90 Å². The molecule has 1 saturated heterocycles. The highest BCUT2D eigenvalue weighted by molar-refractivity contribution is 5.92. The lowest BCUT2D eigenvalue weighted by atomic mass is 9.96. The van der Waals surface area contributed by atoms with Gasteiger partial charge in [-0.2, -0.15) is 0 Å². The van der Waals surface area contributed by atoms with Gasteiger partial charge in [-0.15, -0.1) is 0 Å². The molecular weight excluding hydrogens is 234 g/mol. The van der Waals surface area contributed by atoms with Crippen LogP contribution in [0.1, 0.15) is 23.8 Å². The van der Waals surface area contributed by atoms with Crippen LogP contribution in [0.15, 0.2) is 12.4 Å². The molecule has 1 aliphatic rings. The van der Waals surface area contributed by atoms with Crippen molar-refractivity contribution < 1.29 is 9.90 Å². The summed E-state index contributed by atoms with van der Waals surface area (Å²) in [5.41, 5.74) is 2.62. The molecule has 7 nitrogen and oxygen atoms in total. The van der Waals surface area contributed by atoms with E-state index in [0.717, 1.165) is 0 Å². The van der Waals surface area contributed by atoms with Crippen LogP contribution in [0.25, 0.3) is 0 Å². The topological polar surface area (TPSA) is 104 Å². The zero-order valence-corrected chi connectivity index (χ0v) is 10.2. The average Bonchev–Trinajstić information content (AvgIpc) is 2.41. The number of nitrogens with two attached hydrogens (primary N) is 1. The van der Waals surface area contributed by atoms with Gasteiger partial charge >= 0.3 is 0 Å². The van der Waals surface area contributed by atoms with E-state index in [0.29, 0.717) is 25.3 Å². The van der Waals surface area contributed by atoms with Gasteiger partial charge in [0.25, 0.3) is 5.91 Å². The van der Waals surface area contributed by atoms with Crippen molar-refractivity contribution in [2.24, 2.45) is 11.8 Å². The number of nitrogens with one attached hydrogen (secondary N) is 1. The Kier molecular flexibility index (Phi) is 3.73. The Morgan fingerprint density at radius 2 is 2.39 bits per heavy atom. The number of nitrogens with zero attached hydrogens (tertiary/aromatic N) is 3. The average molecular weight is 251 g/mol. The van der Waals surface area contributed by atoms with E-state index in [4.69, 9.17) is 5.84 Å². The Hall–Kier alpha value is -1.73. The largest absolute Gasteiger partial charge is 0.393 e. The fourth-order valence-corrected chi connectivity index (χ4v) is 2.02. The van der Waals surface area contributed by atoms with E-state index in [1.54, 1.807) is 4.90 Å². The van der Waals surface area contributed by atoms with Gasteiger partial charge in [0.1, 0.15) is 5.69 Å². The first-order valence-corrected chi connectivity index (χ1v) is 5.88. The number of aliphatic hydroxyl groups excluding tert-OH is 1. The van der Waals surface area contributed by atoms with Crippen LogP contribution in [0.4, 0.5) is 5.82 Å². The molecule has 0 radical (unpaired) electrons. The van der Waals surface area contributed by atoms with E-state index in [-0.39, 0.29) is 23.6 Å². The number of hydrazine groups is 1. The number of carbonyl (C=O) groups is 1. The van der Waals surface area contributed by atoms with Crippen molar-refractivity contribution in [3.05, 3.63) is 18.1 Å². The molecule has 2 unspecified atom stereocenters. The lowest BCUT2D eigenvalue weighted by molar-refractivity contribution is 0.0294. The molecule has 2 heterocycles. The number of hydrogen-bond acceptors (Lipinski definition) is 6. The van der Waals surface area contributed by atoms with Crippen molar-refractivity contribution in [3.8, 4) is 0 Å². The molecule has 0 aliphatic carbocycles. The number of aliphatic hydroxyl groups is 1. The van der Waals surface area contributed by atoms with Crippen molar-refractivity contribution in [2.75, 3.05) is 18.5 Å². The number of likely N-dealkylation sites (tertiary alicyclic amines) is 1. The number of hydrogen-bond donors (Lipinski definition) is 3. The fraction of sp³-hybridized carbons (Fsp3) is 0.545. The molecule has 0 aromatic carbocycles. The molecule has 0 bridgehead atoms. The highest BCUT2D eigenvalue weighted by atomic mass is 16.3. The fourth-order valence-electron chi connectivity index (χ4n) is 2.02. The predicted octanol–water partition coefficient (Wildman–Crippen LogP) is -0.395. The van der Waals surface area contributed by atoms with Crippen LogP contribution < -0.4 is 11.3 Å². The maximum Gasteiger partial charge on any atom is 0.274 e. The van der Waals surface area contributed by atoms with E-state index in [2.05, 4.69) is 15.4 Å². The summed E-state index contributed by atoms with van der Waals surface area (Å²) in [6.45, 7) is 2.99. The number of aromatic nitrogens is 2. The smallest absolute Gasteiger partial charge is 0.274 e. The maximum atomic E-state index is 12.2.